The topological polar surface area (TPSA) is 29.5 Å². The third-order valence-corrected chi connectivity index (χ3v) is 2.25. The minimum Gasteiger partial charge on any atom is -0.494 e. The molecule has 0 bridgehead atoms. The van der Waals surface area contributed by atoms with E-state index in [0.29, 0.717) is 0 Å². The molecule has 0 amide bonds. The van der Waals surface area contributed by atoms with E-state index in [1.165, 1.54) is 19.9 Å². The van der Waals surface area contributed by atoms with Gasteiger partial charge < -0.3 is 9.84 Å². The van der Waals surface area contributed by atoms with Crippen molar-refractivity contribution in [2.75, 3.05) is 6.61 Å². The minimum atomic E-state index is -4.45. The highest BCUT2D eigenvalue weighted by atomic mass is 19.4. The molecule has 0 aliphatic carbocycles. The van der Waals surface area contributed by atoms with Gasteiger partial charge in [0, 0.05) is 0 Å². The van der Waals surface area contributed by atoms with Crippen LogP contribution in [0, 0.1) is 0 Å². The monoisotopic (exact) mass is 248 g/mol. The molecule has 0 aliphatic rings. The Labute approximate surface area is 98.0 Å². The summed E-state index contributed by atoms with van der Waals surface area (Å²) >= 11 is 0. The van der Waals surface area contributed by atoms with Crippen LogP contribution in [0.25, 0.3) is 0 Å². The molecule has 1 aromatic carbocycles. The lowest BCUT2D eigenvalue weighted by Gasteiger charge is -2.20. The van der Waals surface area contributed by atoms with Crippen LogP contribution in [0.4, 0.5) is 13.2 Å². The van der Waals surface area contributed by atoms with Gasteiger partial charge in [-0.25, -0.2) is 0 Å². The Balaban J connectivity index is 3.29. The fourth-order valence-corrected chi connectivity index (χ4v) is 1.37. The van der Waals surface area contributed by atoms with Gasteiger partial charge in [-0.2, -0.15) is 13.2 Å². The number of ether oxygens (including phenoxy) is 1. The Kier molecular flexibility index (Phi) is 3.71. The number of hydrogen-bond donors (Lipinski definition) is 1. The highest BCUT2D eigenvalue weighted by Crippen LogP contribution is 2.35. The average molecular weight is 248 g/mol. The summed E-state index contributed by atoms with van der Waals surface area (Å²) in [6, 6.07) is 3.28. The van der Waals surface area contributed by atoms with Gasteiger partial charge in [-0.1, -0.05) is 0 Å². The van der Waals surface area contributed by atoms with Gasteiger partial charge >= 0.3 is 6.18 Å². The largest absolute Gasteiger partial charge is 0.494 e. The molecule has 0 heterocycles. The molecule has 0 unspecified atom stereocenters. The first-order valence-electron chi connectivity index (χ1n) is 5.22. The SMILES string of the molecule is CCOc1cc(C(C)(C)O)cc(C(F)(F)F)c1. The van der Waals surface area contributed by atoms with Crippen molar-refractivity contribution in [2.45, 2.75) is 32.5 Å². The van der Waals surface area contributed by atoms with Crippen molar-refractivity contribution in [1.29, 1.82) is 0 Å². The molecule has 1 aromatic rings. The van der Waals surface area contributed by atoms with Crippen molar-refractivity contribution in [3.05, 3.63) is 29.3 Å². The van der Waals surface area contributed by atoms with Crippen molar-refractivity contribution >= 4 is 0 Å². The van der Waals surface area contributed by atoms with Crippen molar-refractivity contribution in [3.8, 4) is 5.75 Å². The molecule has 0 fully saturated rings. The number of halogens is 3. The molecular formula is C12H15F3O2. The second kappa shape index (κ2) is 4.56. The second-order valence-electron chi connectivity index (χ2n) is 4.24. The predicted octanol–water partition coefficient (Wildman–Crippen LogP) is 3.33. The Morgan fingerprint density at radius 2 is 1.65 bits per heavy atom. The van der Waals surface area contributed by atoms with Crippen LogP contribution < -0.4 is 4.74 Å². The van der Waals surface area contributed by atoms with Crippen LogP contribution in [0.1, 0.15) is 31.9 Å². The summed E-state index contributed by atoms with van der Waals surface area (Å²) in [5.74, 6) is 0.111. The summed E-state index contributed by atoms with van der Waals surface area (Å²) in [5.41, 5.74) is -1.98. The van der Waals surface area contributed by atoms with Gasteiger partial charge in [-0.3, -0.25) is 0 Å². The lowest BCUT2D eigenvalue weighted by atomic mass is 9.96. The van der Waals surface area contributed by atoms with Gasteiger partial charge in [0.15, 0.2) is 0 Å². The molecule has 0 aromatic heterocycles. The van der Waals surface area contributed by atoms with Gasteiger partial charge in [0.1, 0.15) is 5.75 Å². The van der Waals surface area contributed by atoms with Crippen molar-refractivity contribution in [1.82, 2.24) is 0 Å². The average Bonchev–Trinajstić information content (AvgIpc) is 2.15. The fraction of sp³-hybridized carbons (Fsp3) is 0.500. The third kappa shape index (κ3) is 3.63. The summed E-state index contributed by atoms with van der Waals surface area (Å²) < 4.78 is 43.0. The zero-order valence-corrected chi connectivity index (χ0v) is 9.93. The Morgan fingerprint density at radius 3 is 2.06 bits per heavy atom. The van der Waals surface area contributed by atoms with Gasteiger partial charge in [0.25, 0.3) is 0 Å². The molecule has 0 atom stereocenters. The van der Waals surface area contributed by atoms with Crippen molar-refractivity contribution < 1.29 is 23.0 Å². The lowest BCUT2D eigenvalue weighted by Crippen LogP contribution is -2.17. The fourth-order valence-electron chi connectivity index (χ4n) is 1.37. The quantitative estimate of drug-likeness (QED) is 0.889. The Morgan fingerprint density at radius 1 is 1.12 bits per heavy atom. The highest BCUT2D eigenvalue weighted by Gasteiger charge is 2.32. The summed E-state index contributed by atoms with van der Waals surface area (Å²) in [6.07, 6.45) is -4.45. The molecule has 0 radical (unpaired) electrons. The lowest BCUT2D eigenvalue weighted by molar-refractivity contribution is -0.137. The summed E-state index contributed by atoms with van der Waals surface area (Å²) in [5, 5.41) is 9.75. The van der Waals surface area contributed by atoms with E-state index >= 15 is 0 Å². The molecular weight excluding hydrogens is 233 g/mol. The Bertz CT molecular complexity index is 359. The first-order chi connectivity index (χ1) is 7.64. The van der Waals surface area contributed by atoms with E-state index in [9.17, 15) is 18.3 Å². The third-order valence-electron chi connectivity index (χ3n) is 2.25. The van der Waals surface area contributed by atoms with Gasteiger partial charge in [0.05, 0.1) is 17.8 Å². The van der Waals surface area contributed by atoms with E-state index in [4.69, 9.17) is 4.74 Å². The molecule has 0 saturated heterocycles. The summed E-state index contributed by atoms with van der Waals surface area (Å²) in [7, 11) is 0. The van der Waals surface area contributed by atoms with Gasteiger partial charge in [-0.15, -0.1) is 0 Å². The number of benzene rings is 1. The molecule has 1 N–H and O–H groups in total. The second-order valence-corrected chi connectivity index (χ2v) is 4.24. The standard InChI is InChI=1S/C12H15F3O2/c1-4-17-10-6-8(11(2,3)16)5-9(7-10)12(13,14)15/h5-7,16H,4H2,1-3H3. The normalized spacial score (nSPS) is 12.6. The van der Waals surface area contributed by atoms with Crippen LogP contribution in [0.5, 0.6) is 5.75 Å². The van der Waals surface area contributed by atoms with Crippen LogP contribution in [0.3, 0.4) is 0 Å². The minimum absolute atomic E-state index is 0.111. The zero-order chi connectivity index (χ0) is 13.3. The van der Waals surface area contributed by atoms with Crippen LogP contribution in [0.15, 0.2) is 18.2 Å². The molecule has 2 nitrogen and oxygen atoms in total. The maximum Gasteiger partial charge on any atom is 0.416 e. The summed E-state index contributed by atoms with van der Waals surface area (Å²) in [6.45, 7) is 4.81. The summed E-state index contributed by atoms with van der Waals surface area (Å²) in [4.78, 5) is 0. The van der Waals surface area contributed by atoms with E-state index < -0.39 is 17.3 Å². The van der Waals surface area contributed by atoms with Crippen molar-refractivity contribution in [3.63, 3.8) is 0 Å². The number of alkyl halides is 3. The van der Waals surface area contributed by atoms with E-state index in [1.807, 2.05) is 0 Å². The van der Waals surface area contributed by atoms with E-state index in [0.717, 1.165) is 12.1 Å². The van der Waals surface area contributed by atoms with Crippen LogP contribution >= 0.6 is 0 Å². The van der Waals surface area contributed by atoms with Crippen LogP contribution in [-0.2, 0) is 11.8 Å². The predicted molar refractivity (Wildman–Crippen MR) is 57.9 cm³/mol. The van der Waals surface area contributed by atoms with Gasteiger partial charge in [0.2, 0.25) is 0 Å². The smallest absolute Gasteiger partial charge is 0.416 e. The zero-order valence-electron chi connectivity index (χ0n) is 9.93. The first-order valence-corrected chi connectivity index (χ1v) is 5.22. The number of rotatable bonds is 3. The van der Waals surface area contributed by atoms with E-state index in [2.05, 4.69) is 0 Å². The Hall–Kier alpha value is -1.23. The molecule has 1 rings (SSSR count). The molecule has 0 saturated carbocycles. The molecule has 0 spiro atoms. The maximum absolute atomic E-state index is 12.6. The number of hydrogen-bond acceptors (Lipinski definition) is 2. The maximum atomic E-state index is 12.6. The number of aliphatic hydroxyl groups is 1. The first kappa shape index (κ1) is 13.8. The van der Waals surface area contributed by atoms with E-state index in [-0.39, 0.29) is 17.9 Å². The molecule has 17 heavy (non-hydrogen) atoms. The molecule has 96 valence electrons. The van der Waals surface area contributed by atoms with Crippen molar-refractivity contribution in [2.24, 2.45) is 0 Å². The highest BCUT2D eigenvalue weighted by molar-refractivity contribution is 5.38. The van der Waals surface area contributed by atoms with Crippen LogP contribution in [0.2, 0.25) is 0 Å². The van der Waals surface area contributed by atoms with Crippen LogP contribution in [-0.4, -0.2) is 11.7 Å². The molecule has 0 aliphatic heterocycles. The van der Waals surface area contributed by atoms with Gasteiger partial charge in [-0.05, 0) is 44.5 Å². The molecule has 5 heteroatoms. The van der Waals surface area contributed by atoms with E-state index in [1.54, 1.807) is 6.92 Å².